The van der Waals surface area contributed by atoms with Gasteiger partial charge >= 0.3 is 5.97 Å². The number of amides is 2. The van der Waals surface area contributed by atoms with E-state index >= 15 is 0 Å². The minimum atomic E-state index is -0.410. The molecule has 0 radical (unpaired) electrons. The third-order valence-electron chi connectivity index (χ3n) is 6.79. The highest BCUT2D eigenvalue weighted by atomic mass is 16.5. The van der Waals surface area contributed by atoms with E-state index in [1.165, 1.54) is 5.56 Å². The van der Waals surface area contributed by atoms with Gasteiger partial charge in [-0.3, -0.25) is 9.59 Å². The predicted molar refractivity (Wildman–Crippen MR) is 127 cm³/mol. The molecular formula is C26H35N3O4. The maximum absolute atomic E-state index is 13.1. The summed E-state index contributed by atoms with van der Waals surface area (Å²) >= 11 is 0. The quantitative estimate of drug-likeness (QED) is 0.622. The Morgan fingerprint density at radius 2 is 1.82 bits per heavy atom. The van der Waals surface area contributed by atoms with Crippen molar-refractivity contribution >= 4 is 17.8 Å². The van der Waals surface area contributed by atoms with Crippen LogP contribution in [0.4, 0.5) is 0 Å². The van der Waals surface area contributed by atoms with E-state index in [4.69, 9.17) is 4.74 Å². The Morgan fingerprint density at radius 1 is 1.15 bits per heavy atom. The number of carbonyl (C=O) groups excluding carboxylic acids is 3. The molecule has 1 aromatic carbocycles. The van der Waals surface area contributed by atoms with Gasteiger partial charge in [0, 0.05) is 31.2 Å². The van der Waals surface area contributed by atoms with E-state index < -0.39 is 5.97 Å². The summed E-state index contributed by atoms with van der Waals surface area (Å²) in [6.45, 7) is 11.3. The number of benzene rings is 1. The summed E-state index contributed by atoms with van der Waals surface area (Å²) < 4.78 is 5.12. The van der Waals surface area contributed by atoms with Crippen molar-refractivity contribution in [3.63, 3.8) is 0 Å². The fourth-order valence-corrected chi connectivity index (χ4v) is 4.60. The zero-order chi connectivity index (χ0) is 24.1. The number of aromatic nitrogens is 1. The number of rotatable bonds is 7. The molecule has 3 rings (SSSR count). The maximum atomic E-state index is 13.1. The zero-order valence-electron chi connectivity index (χ0n) is 20.3. The van der Waals surface area contributed by atoms with Crippen LogP contribution in [-0.2, 0) is 16.1 Å². The monoisotopic (exact) mass is 453 g/mol. The Hall–Kier alpha value is -3.09. The topological polar surface area (TPSA) is 91.5 Å². The van der Waals surface area contributed by atoms with E-state index in [0.717, 1.165) is 18.4 Å². The molecule has 7 nitrogen and oxygen atoms in total. The lowest BCUT2D eigenvalue weighted by atomic mass is 9.84. The van der Waals surface area contributed by atoms with Crippen LogP contribution in [0.15, 0.2) is 24.3 Å². The largest absolute Gasteiger partial charge is 0.462 e. The molecule has 0 bridgehead atoms. The number of H-pyrrole nitrogens is 1. The van der Waals surface area contributed by atoms with Gasteiger partial charge < -0.3 is 19.9 Å². The van der Waals surface area contributed by atoms with E-state index in [0.29, 0.717) is 42.1 Å². The fraction of sp³-hybridized carbons (Fsp3) is 0.500. The summed E-state index contributed by atoms with van der Waals surface area (Å²) in [5, 5.41) is 3.07. The lowest BCUT2D eigenvalue weighted by Gasteiger charge is -2.34. The lowest BCUT2D eigenvalue weighted by molar-refractivity contribution is -0.126. The average molecular weight is 454 g/mol. The van der Waals surface area contributed by atoms with Gasteiger partial charge in [0.05, 0.1) is 12.2 Å². The highest BCUT2D eigenvalue weighted by Crippen LogP contribution is 2.27. The van der Waals surface area contributed by atoms with Crippen molar-refractivity contribution in [3.8, 4) is 0 Å². The van der Waals surface area contributed by atoms with Gasteiger partial charge in [-0.15, -0.1) is 0 Å². The van der Waals surface area contributed by atoms with Crippen LogP contribution in [0.5, 0.6) is 0 Å². The third kappa shape index (κ3) is 5.46. The molecule has 178 valence electrons. The van der Waals surface area contributed by atoms with Crippen molar-refractivity contribution in [1.82, 2.24) is 15.2 Å². The molecule has 1 aliphatic heterocycles. The number of carbonyl (C=O) groups is 3. The first-order valence-electron chi connectivity index (χ1n) is 11.7. The number of aryl methyl sites for hydroxylation is 2. The number of hydrogen-bond donors (Lipinski definition) is 2. The molecule has 2 heterocycles. The number of nitrogens with zero attached hydrogens (tertiary/aromatic N) is 1. The van der Waals surface area contributed by atoms with Crippen LogP contribution in [0.2, 0.25) is 0 Å². The molecule has 1 aromatic heterocycles. The summed E-state index contributed by atoms with van der Waals surface area (Å²) in [6, 6.07) is 8.04. The van der Waals surface area contributed by atoms with Crippen LogP contribution in [-0.4, -0.2) is 47.4 Å². The molecule has 0 saturated carbocycles. The van der Waals surface area contributed by atoms with Crippen molar-refractivity contribution in [2.24, 2.45) is 11.8 Å². The summed E-state index contributed by atoms with van der Waals surface area (Å²) in [5.74, 6) is -0.352. The van der Waals surface area contributed by atoms with E-state index in [1.54, 1.807) is 20.8 Å². The van der Waals surface area contributed by atoms with E-state index in [2.05, 4.69) is 10.3 Å². The summed E-state index contributed by atoms with van der Waals surface area (Å²) in [6.07, 6.45) is 1.54. The number of aromatic amines is 1. The van der Waals surface area contributed by atoms with Gasteiger partial charge in [-0.25, -0.2) is 4.79 Å². The van der Waals surface area contributed by atoms with E-state index in [1.807, 2.05) is 43.0 Å². The van der Waals surface area contributed by atoms with Crippen LogP contribution < -0.4 is 5.32 Å². The summed E-state index contributed by atoms with van der Waals surface area (Å²) in [7, 11) is 0. The van der Waals surface area contributed by atoms with Gasteiger partial charge in [0.25, 0.3) is 5.91 Å². The smallest absolute Gasteiger partial charge is 0.340 e. The number of hydrogen-bond acceptors (Lipinski definition) is 4. The third-order valence-corrected chi connectivity index (χ3v) is 6.79. The molecule has 0 aliphatic carbocycles. The Labute approximate surface area is 195 Å². The number of likely N-dealkylation sites (tertiary alicyclic amines) is 1. The second-order valence-electron chi connectivity index (χ2n) is 8.91. The molecule has 2 aromatic rings. The zero-order valence-corrected chi connectivity index (χ0v) is 20.3. The van der Waals surface area contributed by atoms with Gasteiger partial charge in [0.1, 0.15) is 5.69 Å². The second kappa shape index (κ2) is 10.7. The molecule has 1 atom stereocenters. The molecule has 2 N–H and O–H groups in total. The number of ether oxygens (including phenoxy) is 1. The van der Waals surface area contributed by atoms with Gasteiger partial charge in [0.15, 0.2) is 0 Å². The fourth-order valence-electron chi connectivity index (χ4n) is 4.60. The molecule has 2 amide bonds. The van der Waals surface area contributed by atoms with Crippen LogP contribution in [0.1, 0.15) is 69.9 Å². The van der Waals surface area contributed by atoms with Crippen molar-refractivity contribution in [3.05, 3.63) is 57.9 Å². The molecule has 1 aliphatic rings. The van der Waals surface area contributed by atoms with Crippen molar-refractivity contribution in [2.75, 3.05) is 19.7 Å². The number of esters is 1. The second-order valence-corrected chi connectivity index (χ2v) is 8.91. The van der Waals surface area contributed by atoms with Crippen molar-refractivity contribution in [1.29, 1.82) is 0 Å². The molecule has 1 fully saturated rings. The molecular weight excluding hydrogens is 418 g/mol. The van der Waals surface area contributed by atoms with Crippen molar-refractivity contribution < 1.29 is 19.1 Å². The Kier molecular flexibility index (Phi) is 7.95. The van der Waals surface area contributed by atoms with Gasteiger partial charge in [-0.05, 0) is 63.1 Å². The predicted octanol–water partition coefficient (Wildman–Crippen LogP) is 3.92. The highest BCUT2D eigenvalue weighted by molar-refractivity contribution is 6.00. The molecule has 0 unspecified atom stereocenters. The Bertz CT molecular complexity index is 1020. The minimum Gasteiger partial charge on any atom is -0.462 e. The van der Waals surface area contributed by atoms with Gasteiger partial charge in [0.2, 0.25) is 5.91 Å². The minimum absolute atomic E-state index is 0.0537. The van der Waals surface area contributed by atoms with Crippen LogP contribution in [0.25, 0.3) is 0 Å². The number of piperidine rings is 1. The normalized spacial score (nSPS) is 15.2. The first-order valence-corrected chi connectivity index (χ1v) is 11.7. The van der Waals surface area contributed by atoms with Gasteiger partial charge in [-0.1, -0.05) is 31.2 Å². The Morgan fingerprint density at radius 3 is 2.45 bits per heavy atom. The summed E-state index contributed by atoms with van der Waals surface area (Å²) in [5.41, 5.74) is 4.44. The van der Waals surface area contributed by atoms with Crippen LogP contribution in [0, 0.1) is 32.6 Å². The van der Waals surface area contributed by atoms with Gasteiger partial charge in [-0.2, -0.15) is 0 Å². The van der Waals surface area contributed by atoms with Crippen LogP contribution in [0.3, 0.4) is 0 Å². The molecule has 33 heavy (non-hydrogen) atoms. The molecule has 7 heteroatoms. The first-order chi connectivity index (χ1) is 15.7. The maximum Gasteiger partial charge on any atom is 0.340 e. The molecule has 1 saturated heterocycles. The van der Waals surface area contributed by atoms with Crippen LogP contribution >= 0.6 is 0 Å². The average Bonchev–Trinajstić information content (AvgIpc) is 3.11. The Balaban J connectivity index is 1.56. The SMILES string of the molecule is CCOC(=O)c1c(C)[nH]c(C(=O)N2CCC([C@@H](C)C(=O)NCc3ccccc3C)CC2)c1C. The number of nitrogens with one attached hydrogen (secondary N) is 2. The van der Waals surface area contributed by atoms with E-state index in [9.17, 15) is 14.4 Å². The van der Waals surface area contributed by atoms with E-state index in [-0.39, 0.29) is 30.3 Å². The first kappa shape index (κ1) is 24.6. The summed E-state index contributed by atoms with van der Waals surface area (Å²) in [4.78, 5) is 43.0. The lowest BCUT2D eigenvalue weighted by Crippen LogP contribution is -2.43. The van der Waals surface area contributed by atoms with Crippen molar-refractivity contribution in [2.45, 2.75) is 54.0 Å². The standard InChI is InChI=1S/C26H35N3O4/c1-6-33-26(32)22-18(4)23(28-19(22)5)25(31)29-13-11-20(12-14-29)17(3)24(30)27-15-21-10-8-7-9-16(21)2/h7-10,17,20,28H,6,11-15H2,1-5H3,(H,27,30)/t17-/m1/s1. The highest BCUT2D eigenvalue weighted by Gasteiger charge is 2.32. The molecule has 0 spiro atoms.